The van der Waals surface area contributed by atoms with E-state index in [4.69, 9.17) is 15.7 Å². The lowest BCUT2D eigenvalue weighted by Gasteiger charge is -2.23. The Hall–Kier alpha value is -2.20. The number of rotatable bonds is 5. The van der Waals surface area contributed by atoms with Gasteiger partial charge in [0.1, 0.15) is 11.4 Å². The number of nitriles is 1. The van der Waals surface area contributed by atoms with Crippen LogP contribution in [0, 0.1) is 33.2 Å². The van der Waals surface area contributed by atoms with Crippen molar-refractivity contribution < 1.29 is 14.1 Å². The van der Waals surface area contributed by atoms with Crippen LogP contribution in [0.3, 0.4) is 0 Å². The summed E-state index contributed by atoms with van der Waals surface area (Å²) in [7, 11) is 0. The van der Waals surface area contributed by atoms with Gasteiger partial charge in [0.2, 0.25) is 0 Å². The maximum Gasteiger partial charge on any atom is 0.311 e. The molecule has 2 rings (SSSR count). The highest BCUT2D eigenvalue weighted by Gasteiger charge is 2.39. The van der Waals surface area contributed by atoms with Crippen LogP contribution >= 0.6 is 0 Å². The number of nitrogens with zero attached hydrogens (tertiary/aromatic N) is 2. The summed E-state index contributed by atoms with van der Waals surface area (Å²) in [5, 5.41) is 20.0. The Balaban J connectivity index is 2.00. The molecular weight excluding hydrogens is 277 g/mol. The molecule has 1 fully saturated rings. The summed E-state index contributed by atoms with van der Waals surface area (Å²) in [6.45, 7) is 0.162. The molecule has 21 heavy (non-hydrogen) atoms. The van der Waals surface area contributed by atoms with Crippen LogP contribution in [0.4, 0.5) is 10.1 Å². The molecule has 0 saturated heterocycles. The molecule has 7 heteroatoms. The summed E-state index contributed by atoms with van der Waals surface area (Å²) in [5.41, 5.74) is 4.87. The van der Waals surface area contributed by atoms with Crippen LogP contribution in [-0.2, 0) is 0 Å². The summed E-state index contributed by atoms with van der Waals surface area (Å²) in [6.07, 6.45) is 2.87. The molecule has 2 unspecified atom stereocenters. The van der Waals surface area contributed by atoms with Crippen molar-refractivity contribution in [3.8, 4) is 11.8 Å². The number of hydrogen-bond acceptors (Lipinski definition) is 5. The molecule has 0 aliphatic heterocycles. The fourth-order valence-electron chi connectivity index (χ4n) is 2.72. The standard InChI is InChI=1S/C14H16FN3O3/c15-11-3-4-12(18(19)20)13(8-11)21-7-5-10-2-1-6-14(10,17)9-16/h3-4,8,10H,1-2,5-7,17H2. The van der Waals surface area contributed by atoms with Crippen molar-refractivity contribution in [2.24, 2.45) is 11.7 Å². The number of benzene rings is 1. The van der Waals surface area contributed by atoms with Crippen LogP contribution < -0.4 is 10.5 Å². The van der Waals surface area contributed by atoms with Gasteiger partial charge in [-0.2, -0.15) is 5.26 Å². The summed E-state index contributed by atoms with van der Waals surface area (Å²) >= 11 is 0. The Labute approximate surface area is 121 Å². The van der Waals surface area contributed by atoms with Gasteiger partial charge < -0.3 is 10.5 Å². The molecule has 112 valence electrons. The highest BCUT2D eigenvalue weighted by atomic mass is 19.1. The first-order chi connectivity index (χ1) is 9.96. The zero-order chi connectivity index (χ0) is 15.5. The van der Waals surface area contributed by atoms with E-state index < -0.39 is 16.3 Å². The van der Waals surface area contributed by atoms with E-state index in [-0.39, 0.29) is 24.0 Å². The second-order valence-electron chi connectivity index (χ2n) is 5.25. The molecule has 1 aliphatic carbocycles. The Morgan fingerprint density at radius 2 is 2.38 bits per heavy atom. The molecule has 0 spiro atoms. The lowest BCUT2D eigenvalue weighted by molar-refractivity contribution is -0.385. The van der Waals surface area contributed by atoms with E-state index in [9.17, 15) is 14.5 Å². The third-order valence-corrected chi connectivity index (χ3v) is 3.92. The summed E-state index contributed by atoms with van der Waals surface area (Å²) in [4.78, 5) is 10.2. The molecule has 1 aliphatic rings. The number of nitro benzene ring substituents is 1. The predicted octanol–water partition coefficient (Wildman–Crippen LogP) is 2.52. The summed E-state index contributed by atoms with van der Waals surface area (Å²) < 4.78 is 18.5. The Kier molecular flexibility index (Phi) is 4.38. The number of nitro groups is 1. The minimum atomic E-state index is -0.850. The molecule has 0 aromatic heterocycles. The molecular formula is C14H16FN3O3. The largest absolute Gasteiger partial charge is 0.487 e. The first-order valence-corrected chi connectivity index (χ1v) is 6.73. The SMILES string of the molecule is N#CC1(N)CCCC1CCOc1cc(F)ccc1[N+](=O)[O-]. The number of nitrogens with two attached hydrogens (primary N) is 1. The average molecular weight is 293 g/mol. The maximum absolute atomic E-state index is 13.2. The fourth-order valence-corrected chi connectivity index (χ4v) is 2.72. The van der Waals surface area contributed by atoms with Gasteiger partial charge in [-0.05, 0) is 31.2 Å². The second kappa shape index (κ2) is 6.06. The normalized spacial score (nSPS) is 24.5. The molecule has 0 heterocycles. The Morgan fingerprint density at radius 1 is 1.62 bits per heavy atom. The lowest BCUT2D eigenvalue weighted by atomic mass is 9.87. The highest BCUT2D eigenvalue weighted by molar-refractivity contribution is 5.46. The van der Waals surface area contributed by atoms with Gasteiger partial charge >= 0.3 is 5.69 Å². The van der Waals surface area contributed by atoms with Gasteiger partial charge in [-0.3, -0.25) is 10.1 Å². The van der Waals surface area contributed by atoms with Crippen LogP contribution in [-0.4, -0.2) is 17.1 Å². The van der Waals surface area contributed by atoms with Crippen LogP contribution in [0.5, 0.6) is 5.75 Å². The van der Waals surface area contributed by atoms with Crippen LogP contribution in [0.25, 0.3) is 0 Å². The van der Waals surface area contributed by atoms with Gasteiger partial charge in [0.25, 0.3) is 0 Å². The zero-order valence-corrected chi connectivity index (χ0v) is 11.4. The molecule has 6 nitrogen and oxygen atoms in total. The molecule has 2 N–H and O–H groups in total. The van der Waals surface area contributed by atoms with E-state index in [0.717, 1.165) is 31.0 Å². The molecule has 0 bridgehead atoms. The number of ether oxygens (including phenoxy) is 1. The van der Waals surface area contributed by atoms with Crippen molar-refractivity contribution in [1.82, 2.24) is 0 Å². The Morgan fingerprint density at radius 3 is 3.05 bits per heavy atom. The van der Waals surface area contributed by atoms with Gasteiger partial charge in [-0.25, -0.2) is 4.39 Å². The number of hydrogen-bond donors (Lipinski definition) is 1. The van der Waals surface area contributed by atoms with E-state index >= 15 is 0 Å². The minimum absolute atomic E-state index is 0.00452. The molecule has 1 aromatic carbocycles. The van der Waals surface area contributed by atoms with E-state index in [1.165, 1.54) is 0 Å². The third kappa shape index (κ3) is 3.28. The molecule has 1 saturated carbocycles. The summed E-state index contributed by atoms with van der Waals surface area (Å²) in [5.74, 6) is -0.700. The summed E-state index contributed by atoms with van der Waals surface area (Å²) in [6, 6.07) is 5.21. The van der Waals surface area contributed by atoms with E-state index in [0.29, 0.717) is 12.8 Å². The van der Waals surface area contributed by atoms with Gasteiger partial charge in [0.05, 0.1) is 17.6 Å². The van der Waals surface area contributed by atoms with Crippen LogP contribution in [0.2, 0.25) is 0 Å². The molecule has 2 atom stereocenters. The molecule has 1 aromatic rings. The van der Waals surface area contributed by atoms with Crippen molar-refractivity contribution in [1.29, 1.82) is 5.26 Å². The lowest BCUT2D eigenvalue weighted by Crippen LogP contribution is -2.42. The monoisotopic (exact) mass is 293 g/mol. The number of halogens is 1. The van der Waals surface area contributed by atoms with Crippen molar-refractivity contribution >= 4 is 5.69 Å². The average Bonchev–Trinajstić information content (AvgIpc) is 2.81. The van der Waals surface area contributed by atoms with Crippen molar-refractivity contribution in [3.05, 3.63) is 34.1 Å². The van der Waals surface area contributed by atoms with Crippen molar-refractivity contribution in [2.45, 2.75) is 31.2 Å². The first-order valence-electron chi connectivity index (χ1n) is 6.73. The third-order valence-electron chi connectivity index (χ3n) is 3.92. The topological polar surface area (TPSA) is 102 Å². The Bertz CT molecular complexity index is 587. The van der Waals surface area contributed by atoms with Gasteiger partial charge in [0, 0.05) is 12.1 Å². The van der Waals surface area contributed by atoms with Gasteiger partial charge in [0.15, 0.2) is 5.75 Å². The first kappa shape index (κ1) is 15.2. The second-order valence-corrected chi connectivity index (χ2v) is 5.25. The zero-order valence-electron chi connectivity index (χ0n) is 11.4. The molecule has 0 radical (unpaired) electrons. The maximum atomic E-state index is 13.2. The minimum Gasteiger partial charge on any atom is -0.487 e. The van der Waals surface area contributed by atoms with Crippen LogP contribution in [0.15, 0.2) is 18.2 Å². The van der Waals surface area contributed by atoms with Crippen molar-refractivity contribution in [3.63, 3.8) is 0 Å². The quantitative estimate of drug-likeness (QED) is 0.663. The smallest absolute Gasteiger partial charge is 0.311 e. The predicted molar refractivity (Wildman–Crippen MR) is 73.0 cm³/mol. The van der Waals surface area contributed by atoms with E-state index in [1.54, 1.807) is 0 Å². The van der Waals surface area contributed by atoms with Crippen LogP contribution in [0.1, 0.15) is 25.7 Å². The van der Waals surface area contributed by atoms with Crippen molar-refractivity contribution in [2.75, 3.05) is 6.61 Å². The molecule has 0 amide bonds. The fraction of sp³-hybridized carbons (Fsp3) is 0.500. The van der Waals surface area contributed by atoms with Gasteiger partial charge in [-0.1, -0.05) is 6.42 Å². The van der Waals surface area contributed by atoms with E-state index in [1.807, 2.05) is 0 Å². The highest BCUT2D eigenvalue weighted by Crippen LogP contribution is 2.36. The van der Waals surface area contributed by atoms with Gasteiger partial charge in [-0.15, -0.1) is 0 Å². The van der Waals surface area contributed by atoms with E-state index in [2.05, 4.69) is 6.07 Å².